The van der Waals surface area contributed by atoms with E-state index in [0.29, 0.717) is 5.56 Å². The molecule has 0 saturated carbocycles. The molecule has 2 aromatic heterocycles. The molecule has 3 aromatic rings. The molecule has 2 heterocycles. The number of carboxylic acid groups (broad SMARTS) is 1. The summed E-state index contributed by atoms with van der Waals surface area (Å²) in [4.78, 5) is 15.2. The summed E-state index contributed by atoms with van der Waals surface area (Å²) in [6, 6.07) is 6.73. The molecule has 23 heavy (non-hydrogen) atoms. The van der Waals surface area contributed by atoms with Gasteiger partial charge in [-0.3, -0.25) is 4.98 Å². The van der Waals surface area contributed by atoms with E-state index in [0.717, 1.165) is 16.8 Å². The summed E-state index contributed by atoms with van der Waals surface area (Å²) in [5.41, 5.74) is 0.0362. The Morgan fingerprint density at radius 1 is 1.17 bits per heavy atom. The van der Waals surface area contributed by atoms with E-state index in [9.17, 15) is 18.7 Å². The van der Waals surface area contributed by atoms with Crippen molar-refractivity contribution in [2.75, 3.05) is 0 Å². The smallest absolute Gasteiger partial charge is 0.358 e. The topological polar surface area (TPSA) is 80.9 Å². The summed E-state index contributed by atoms with van der Waals surface area (Å²) < 4.78 is 28.8. The second-order valence-electron chi connectivity index (χ2n) is 4.69. The van der Waals surface area contributed by atoms with Crippen LogP contribution in [-0.2, 0) is 6.54 Å². The number of aromatic nitrogens is 4. The monoisotopic (exact) mass is 316 g/mol. The van der Waals surface area contributed by atoms with Gasteiger partial charge in [-0.2, -0.15) is 0 Å². The van der Waals surface area contributed by atoms with E-state index in [1.165, 1.54) is 18.5 Å². The van der Waals surface area contributed by atoms with Crippen molar-refractivity contribution in [2.45, 2.75) is 6.54 Å². The first-order chi connectivity index (χ1) is 11.1. The van der Waals surface area contributed by atoms with Crippen molar-refractivity contribution in [3.8, 4) is 11.3 Å². The standard InChI is InChI=1S/C15H10F2N4O2/c16-11-4-1-5-12(17)10(11)8-21-14(9-3-2-6-18-7-9)13(15(22)23)19-20-21/h1-7H,8H2,(H,22,23). The molecule has 116 valence electrons. The first-order valence-corrected chi connectivity index (χ1v) is 6.58. The Bertz CT molecular complexity index is 845. The van der Waals surface area contributed by atoms with Gasteiger partial charge in [-0.05, 0) is 24.3 Å². The summed E-state index contributed by atoms with van der Waals surface area (Å²) in [7, 11) is 0. The van der Waals surface area contributed by atoms with Gasteiger partial charge in [-0.15, -0.1) is 5.10 Å². The van der Waals surface area contributed by atoms with Crippen LogP contribution in [0.3, 0.4) is 0 Å². The molecule has 8 heteroatoms. The average molecular weight is 316 g/mol. The Kier molecular flexibility index (Phi) is 3.80. The zero-order chi connectivity index (χ0) is 16.4. The maximum absolute atomic E-state index is 13.8. The average Bonchev–Trinajstić information content (AvgIpc) is 2.96. The molecule has 0 aliphatic carbocycles. The Morgan fingerprint density at radius 3 is 2.52 bits per heavy atom. The van der Waals surface area contributed by atoms with Crippen LogP contribution in [0.25, 0.3) is 11.3 Å². The highest BCUT2D eigenvalue weighted by molar-refractivity contribution is 5.92. The van der Waals surface area contributed by atoms with Crippen molar-refractivity contribution in [1.29, 1.82) is 0 Å². The minimum atomic E-state index is -1.29. The van der Waals surface area contributed by atoms with Crippen LogP contribution in [0.4, 0.5) is 8.78 Å². The van der Waals surface area contributed by atoms with Crippen LogP contribution in [0.1, 0.15) is 16.1 Å². The lowest BCUT2D eigenvalue weighted by molar-refractivity contribution is 0.0691. The quantitative estimate of drug-likeness (QED) is 0.799. The third-order valence-corrected chi connectivity index (χ3v) is 3.24. The number of aromatic carboxylic acids is 1. The van der Waals surface area contributed by atoms with Gasteiger partial charge in [0.2, 0.25) is 0 Å². The minimum absolute atomic E-state index is 0.133. The molecule has 0 spiro atoms. The van der Waals surface area contributed by atoms with Gasteiger partial charge < -0.3 is 5.11 Å². The highest BCUT2D eigenvalue weighted by atomic mass is 19.1. The first-order valence-electron chi connectivity index (χ1n) is 6.58. The molecule has 1 N–H and O–H groups in total. The number of halogens is 2. The molecule has 0 aliphatic heterocycles. The maximum Gasteiger partial charge on any atom is 0.358 e. The number of carbonyl (C=O) groups is 1. The first kappa shape index (κ1) is 14.8. The van der Waals surface area contributed by atoms with Crippen LogP contribution in [0.5, 0.6) is 0 Å². The maximum atomic E-state index is 13.8. The summed E-state index contributed by atoms with van der Waals surface area (Å²) in [5, 5.41) is 16.5. The van der Waals surface area contributed by atoms with Crippen molar-refractivity contribution in [1.82, 2.24) is 20.0 Å². The van der Waals surface area contributed by atoms with E-state index in [-0.39, 0.29) is 23.5 Å². The van der Waals surface area contributed by atoms with Crippen LogP contribution < -0.4 is 0 Å². The normalized spacial score (nSPS) is 10.7. The van der Waals surface area contributed by atoms with E-state index in [1.54, 1.807) is 12.1 Å². The lowest BCUT2D eigenvalue weighted by Gasteiger charge is -2.08. The third kappa shape index (κ3) is 2.78. The zero-order valence-corrected chi connectivity index (χ0v) is 11.6. The predicted octanol–water partition coefficient (Wildman–Crippen LogP) is 2.36. The molecular formula is C15H10F2N4O2. The number of pyridine rings is 1. The van der Waals surface area contributed by atoms with E-state index in [1.807, 2.05) is 0 Å². The van der Waals surface area contributed by atoms with Gasteiger partial charge in [-0.1, -0.05) is 11.3 Å². The lowest BCUT2D eigenvalue weighted by atomic mass is 10.1. The number of benzene rings is 1. The van der Waals surface area contributed by atoms with E-state index < -0.39 is 17.6 Å². The van der Waals surface area contributed by atoms with Crippen molar-refractivity contribution in [2.24, 2.45) is 0 Å². The van der Waals surface area contributed by atoms with Gasteiger partial charge in [0, 0.05) is 23.5 Å². The van der Waals surface area contributed by atoms with Gasteiger partial charge >= 0.3 is 5.97 Å². The highest BCUT2D eigenvalue weighted by Crippen LogP contribution is 2.23. The van der Waals surface area contributed by atoms with Crippen LogP contribution in [0.15, 0.2) is 42.7 Å². The van der Waals surface area contributed by atoms with Crippen molar-refractivity contribution < 1.29 is 18.7 Å². The molecule has 0 unspecified atom stereocenters. The predicted molar refractivity (Wildman–Crippen MR) is 75.7 cm³/mol. The molecule has 0 bridgehead atoms. The van der Waals surface area contributed by atoms with Crippen molar-refractivity contribution in [3.05, 3.63) is 65.6 Å². The second kappa shape index (κ2) is 5.91. The number of nitrogens with zero attached hydrogens (tertiary/aromatic N) is 4. The summed E-state index contributed by atoms with van der Waals surface area (Å²) >= 11 is 0. The fraction of sp³-hybridized carbons (Fsp3) is 0.0667. The van der Waals surface area contributed by atoms with E-state index in [2.05, 4.69) is 15.3 Å². The van der Waals surface area contributed by atoms with Gasteiger partial charge in [0.25, 0.3) is 0 Å². The lowest BCUT2D eigenvalue weighted by Crippen LogP contribution is -2.09. The molecular weight excluding hydrogens is 306 g/mol. The van der Waals surface area contributed by atoms with E-state index >= 15 is 0 Å². The number of rotatable bonds is 4. The molecule has 0 saturated heterocycles. The zero-order valence-electron chi connectivity index (χ0n) is 11.6. The Balaban J connectivity index is 2.12. The van der Waals surface area contributed by atoms with Crippen molar-refractivity contribution >= 4 is 5.97 Å². The Morgan fingerprint density at radius 2 is 1.91 bits per heavy atom. The van der Waals surface area contributed by atoms with E-state index in [4.69, 9.17) is 0 Å². The molecule has 0 fully saturated rings. The summed E-state index contributed by atoms with van der Waals surface area (Å²) in [6.45, 7) is -0.289. The van der Waals surface area contributed by atoms with Gasteiger partial charge in [-0.25, -0.2) is 18.3 Å². The SMILES string of the molecule is O=C(O)c1nnn(Cc2c(F)cccc2F)c1-c1cccnc1. The summed E-state index contributed by atoms with van der Waals surface area (Å²) in [6.07, 6.45) is 2.95. The van der Waals surface area contributed by atoms with Gasteiger partial charge in [0.15, 0.2) is 5.69 Å². The van der Waals surface area contributed by atoms with Crippen LogP contribution >= 0.6 is 0 Å². The third-order valence-electron chi connectivity index (χ3n) is 3.24. The molecule has 0 amide bonds. The summed E-state index contributed by atoms with van der Waals surface area (Å²) in [5.74, 6) is -2.77. The Labute approximate surface area is 129 Å². The minimum Gasteiger partial charge on any atom is -0.476 e. The largest absolute Gasteiger partial charge is 0.476 e. The fourth-order valence-electron chi connectivity index (χ4n) is 2.19. The van der Waals surface area contributed by atoms with Crippen LogP contribution in [-0.4, -0.2) is 31.1 Å². The highest BCUT2D eigenvalue weighted by Gasteiger charge is 2.22. The molecule has 6 nitrogen and oxygen atoms in total. The Hall–Kier alpha value is -3.16. The molecule has 0 aliphatic rings. The number of hydrogen-bond acceptors (Lipinski definition) is 4. The molecule has 0 atom stereocenters. The number of hydrogen-bond donors (Lipinski definition) is 1. The number of carboxylic acids is 1. The molecule has 1 aromatic carbocycles. The van der Waals surface area contributed by atoms with Crippen molar-refractivity contribution in [3.63, 3.8) is 0 Å². The van der Waals surface area contributed by atoms with Gasteiger partial charge in [0.05, 0.1) is 6.54 Å². The fourth-order valence-corrected chi connectivity index (χ4v) is 2.19. The molecule has 3 rings (SSSR count). The van der Waals surface area contributed by atoms with Crippen LogP contribution in [0.2, 0.25) is 0 Å². The van der Waals surface area contributed by atoms with Crippen LogP contribution in [0, 0.1) is 11.6 Å². The van der Waals surface area contributed by atoms with Gasteiger partial charge in [0.1, 0.15) is 17.3 Å². The molecule has 0 radical (unpaired) electrons. The second-order valence-corrected chi connectivity index (χ2v) is 4.69.